The summed E-state index contributed by atoms with van der Waals surface area (Å²) in [6, 6.07) is 8.00. The van der Waals surface area contributed by atoms with E-state index in [9.17, 15) is 14.9 Å². The van der Waals surface area contributed by atoms with Crippen molar-refractivity contribution in [2.45, 2.75) is 6.54 Å². The molecule has 1 aromatic carbocycles. The summed E-state index contributed by atoms with van der Waals surface area (Å²) in [5.41, 5.74) is 0.600. The van der Waals surface area contributed by atoms with E-state index in [4.69, 9.17) is 11.6 Å². The van der Waals surface area contributed by atoms with Crippen LogP contribution in [0.5, 0.6) is 0 Å². The number of rotatable bonds is 5. The lowest BCUT2D eigenvalue weighted by atomic mass is 10.1. The predicted molar refractivity (Wildman–Crippen MR) is 87.9 cm³/mol. The van der Waals surface area contributed by atoms with Gasteiger partial charge in [0.2, 0.25) is 0 Å². The van der Waals surface area contributed by atoms with E-state index in [-0.39, 0.29) is 17.2 Å². The fourth-order valence-corrected chi connectivity index (χ4v) is 2.93. The van der Waals surface area contributed by atoms with Crippen LogP contribution in [-0.2, 0) is 6.54 Å². The summed E-state index contributed by atoms with van der Waals surface area (Å²) in [6.07, 6.45) is 0. The van der Waals surface area contributed by atoms with Crippen LogP contribution in [0.1, 0.15) is 15.2 Å². The first kappa shape index (κ1) is 16.3. The molecule has 116 valence electrons. The number of hydrogen-bond acceptors (Lipinski definition) is 5. The summed E-state index contributed by atoms with van der Waals surface area (Å²) in [4.78, 5) is 25.3. The lowest BCUT2D eigenvalue weighted by Gasteiger charge is -2.13. The zero-order valence-electron chi connectivity index (χ0n) is 12.0. The van der Waals surface area contributed by atoms with Crippen molar-refractivity contribution < 1.29 is 9.72 Å². The Labute approximate surface area is 136 Å². The molecular formula is C14H14ClN3O3S. The molecule has 0 atom stereocenters. The van der Waals surface area contributed by atoms with Gasteiger partial charge in [-0.25, -0.2) is 0 Å². The van der Waals surface area contributed by atoms with Crippen molar-refractivity contribution in [3.63, 3.8) is 0 Å². The molecule has 1 N–H and O–H groups in total. The summed E-state index contributed by atoms with van der Waals surface area (Å²) < 4.78 is 0.648. The molecule has 1 heterocycles. The van der Waals surface area contributed by atoms with Crippen molar-refractivity contribution >= 4 is 40.2 Å². The molecule has 0 unspecified atom stereocenters. The molecule has 0 bridgehead atoms. The molecule has 0 saturated heterocycles. The van der Waals surface area contributed by atoms with Crippen LogP contribution in [0.2, 0.25) is 4.34 Å². The number of carbonyl (C=O) groups is 1. The van der Waals surface area contributed by atoms with Crippen molar-refractivity contribution in [1.82, 2.24) is 5.32 Å². The third-order valence-electron chi connectivity index (χ3n) is 2.97. The maximum atomic E-state index is 12.1. The lowest BCUT2D eigenvalue weighted by molar-refractivity contribution is -0.384. The Hall–Kier alpha value is -2.12. The van der Waals surface area contributed by atoms with Gasteiger partial charge in [0.15, 0.2) is 0 Å². The largest absolute Gasteiger partial charge is 0.372 e. The van der Waals surface area contributed by atoms with Gasteiger partial charge in [-0.3, -0.25) is 14.9 Å². The van der Waals surface area contributed by atoms with Gasteiger partial charge in [0.05, 0.1) is 15.8 Å². The number of nitro benzene ring substituents is 1. The average Bonchev–Trinajstić information content (AvgIpc) is 2.89. The first-order valence-corrected chi connectivity index (χ1v) is 7.56. The molecule has 0 fully saturated rings. The first-order chi connectivity index (χ1) is 10.4. The Balaban J connectivity index is 2.15. The van der Waals surface area contributed by atoms with Gasteiger partial charge in [0.25, 0.3) is 11.6 Å². The minimum Gasteiger partial charge on any atom is -0.372 e. The van der Waals surface area contributed by atoms with Gasteiger partial charge in [0.1, 0.15) is 5.69 Å². The van der Waals surface area contributed by atoms with E-state index in [1.54, 1.807) is 37.2 Å². The van der Waals surface area contributed by atoms with Crippen molar-refractivity contribution in [3.05, 3.63) is 55.2 Å². The summed E-state index contributed by atoms with van der Waals surface area (Å²) in [5.74, 6) is -0.363. The van der Waals surface area contributed by atoms with E-state index in [2.05, 4.69) is 5.32 Å². The number of nitrogens with one attached hydrogen (secondary N) is 1. The third-order valence-corrected chi connectivity index (χ3v) is 4.20. The molecule has 0 aliphatic heterocycles. The molecule has 6 nitrogen and oxygen atoms in total. The van der Waals surface area contributed by atoms with E-state index < -0.39 is 4.92 Å². The molecule has 2 rings (SSSR count). The van der Waals surface area contributed by atoms with E-state index in [1.165, 1.54) is 17.4 Å². The van der Waals surface area contributed by atoms with Gasteiger partial charge in [-0.05, 0) is 24.3 Å². The number of carbonyl (C=O) groups excluding carboxylic acids is 1. The van der Waals surface area contributed by atoms with Crippen LogP contribution >= 0.6 is 22.9 Å². The van der Waals surface area contributed by atoms with Crippen LogP contribution in [-0.4, -0.2) is 24.9 Å². The van der Waals surface area contributed by atoms with Crippen molar-refractivity contribution in [1.29, 1.82) is 0 Å². The molecule has 8 heteroatoms. The Morgan fingerprint density at radius 3 is 2.64 bits per heavy atom. The second-order valence-electron chi connectivity index (χ2n) is 4.74. The molecule has 0 radical (unpaired) electrons. The molecule has 0 aliphatic rings. The lowest BCUT2D eigenvalue weighted by Crippen LogP contribution is -2.22. The highest BCUT2D eigenvalue weighted by molar-refractivity contribution is 7.16. The Kier molecular flexibility index (Phi) is 4.99. The zero-order chi connectivity index (χ0) is 16.3. The number of halogens is 1. The zero-order valence-corrected chi connectivity index (χ0v) is 13.6. The van der Waals surface area contributed by atoms with E-state index in [0.717, 1.165) is 4.88 Å². The summed E-state index contributed by atoms with van der Waals surface area (Å²) in [5, 5.41) is 13.8. The van der Waals surface area contributed by atoms with Gasteiger partial charge in [-0.1, -0.05) is 11.6 Å². The average molecular weight is 340 g/mol. The molecule has 22 heavy (non-hydrogen) atoms. The minimum atomic E-state index is -0.495. The molecule has 0 saturated carbocycles. The van der Waals surface area contributed by atoms with Crippen LogP contribution in [0.15, 0.2) is 30.3 Å². The smallest absolute Gasteiger partial charge is 0.293 e. The van der Waals surface area contributed by atoms with Crippen LogP contribution in [0.4, 0.5) is 11.4 Å². The van der Waals surface area contributed by atoms with Crippen molar-refractivity contribution in [2.24, 2.45) is 0 Å². The Morgan fingerprint density at radius 1 is 1.36 bits per heavy atom. The van der Waals surface area contributed by atoms with Gasteiger partial charge in [-0.2, -0.15) is 0 Å². The molecule has 1 amide bonds. The van der Waals surface area contributed by atoms with E-state index in [1.807, 2.05) is 6.07 Å². The number of benzene rings is 1. The molecule has 0 aliphatic carbocycles. The minimum absolute atomic E-state index is 0.100. The van der Waals surface area contributed by atoms with Crippen LogP contribution in [0, 0.1) is 10.1 Å². The van der Waals surface area contributed by atoms with Crippen LogP contribution < -0.4 is 10.2 Å². The monoisotopic (exact) mass is 339 g/mol. The second kappa shape index (κ2) is 6.76. The number of nitro groups is 1. The standard InChI is InChI=1S/C14H14ClN3O3S/c1-17(2)11-5-3-9(7-12(11)18(20)21)14(19)16-8-10-4-6-13(15)22-10/h3-7H,8H2,1-2H3,(H,16,19). The highest BCUT2D eigenvalue weighted by Gasteiger charge is 2.18. The van der Waals surface area contributed by atoms with Gasteiger partial charge >= 0.3 is 0 Å². The molecular weight excluding hydrogens is 326 g/mol. The third kappa shape index (κ3) is 3.75. The number of amides is 1. The second-order valence-corrected chi connectivity index (χ2v) is 6.54. The fourth-order valence-electron chi connectivity index (χ4n) is 1.91. The normalized spacial score (nSPS) is 10.3. The maximum Gasteiger partial charge on any atom is 0.293 e. The first-order valence-electron chi connectivity index (χ1n) is 6.36. The topological polar surface area (TPSA) is 75.5 Å². The van der Waals surface area contributed by atoms with Crippen LogP contribution in [0.25, 0.3) is 0 Å². The summed E-state index contributed by atoms with van der Waals surface area (Å²) in [6.45, 7) is 0.333. The van der Waals surface area contributed by atoms with Gasteiger partial charge in [-0.15, -0.1) is 11.3 Å². The van der Waals surface area contributed by atoms with Crippen molar-refractivity contribution in [2.75, 3.05) is 19.0 Å². The SMILES string of the molecule is CN(C)c1ccc(C(=O)NCc2ccc(Cl)s2)cc1[N+](=O)[O-]. The highest BCUT2D eigenvalue weighted by atomic mass is 35.5. The summed E-state index contributed by atoms with van der Waals surface area (Å²) >= 11 is 7.20. The molecule has 2 aromatic rings. The van der Waals surface area contributed by atoms with E-state index >= 15 is 0 Å². The number of thiophene rings is 1. The quantitative estimate of drug-likeness (QED) is 0.669. The number of hydrogen-bond donors (Lipinski definition) is 1. The van der Waals surface area contributed by atoms with Gasteiger partial charge < -0.3 is 10.2 Å². The highest BCUT2D eigenvalue weighted by Crippen LogP contribution is 2.27. The predicted octanol–water partition coefficient (Wildman–Crippen LogP) is 3.31. The van der Waals surface area contributed by atoms with Gasteiger partial charge in [0, 0.05) is 30.6 Å². The fraction of sp³-hybridized carbons (Fsp3) is 0.214. The number of nitrogens with zero attached hydrogens (tertiary/aromatic N) is 2. The number of anilines is 1. The molecule has 1 aromatic heterocycles. The van der Waals surface area contributed by atoms with Crippen molar-refractivity contribution in [3.8, 4) is 0 Å². The maximum absolute atomic E-state index is 12.1. The molecule has 0 spiro atoms. The Morgan fingerprint density at radius 2 is 2.09 bits per heavy atom. The van der Waals surface area contributed by atoms with Crippen LogP contribution in [0.3, 0.4) is 0 Å². The van der Waals surface area contributed by atoms with E-state index in [0.29, 0.717) is 16.6 Å². The summed E-state index contributed by atoms with van der Waals surface area (Å²) in [7, 11) is 3.42. The Bertz CT molecular complexity index is 715.